The summed E-state index contributed by atoms with van der Waals surface area (Å²) in [5, 5.41) is 5.48. The molecule has 0 radical (unpaired) electrons. The monoisotopic (exact) mass is 497 g/mol. The topological polar surface area (TPSA) is 85.9 Å². The average molecular weight is 498 g/mol. The second-order valence-electron chi connectivity index (χ2n) is 10.2. The van der Waals surface area contributed by atoms with E-state index in [0.717, 1.165) is 42.1 Å². The van der Waals surface area contributed by atoms with Crippen LogP contribution in [0.4, 0.5) is 10.6 Å². The molecule has 37 heavy (non-hydrogen) atoms. The Balaban J connectivity index is 1.33. The zero-order valence-electron chi connectivity index (χ0n) is 21.0. The molecule has 4 heterocycles. The molecular weight excluding hydrogens is 466 g/mol. The van der Waals surface area contributed by atoms with E-state index in [1.807, 2.05) is 21.9 Å². The molecule has 1 aromatic heterocycles. The number of fused-ring (bicyclic) bond motifs is 2. The van der Waals surface area contributed by atoms with E-state index in [1.54, 1.807) is 30.5 Å². The van der Waals surface area contributed by atoms with Crippen LogP contribution in [0.5, 0.6) is 0 Å². The molecule has 1 unspecified atom stereocenters. The summed E-state index contributed by atoms with van der Waals surface area (Å²) in [5.74, 6) is 0.149. The van der Waals surface area contributed by atoms with Crippen molar-refractivity contribution >= 4 is 34.4 Å². The highest BCUT2D eigenvalue weighted by atomic mass is 16.2. The van der Waals surface area contributed by atoms with Crippen LogP contribution in [0.2, 0.25) is 0 Å². The lowest BCUT2D eigenvalue weighted by Crippen LogP contribution is -2.58. The fraction of sp³-hybridized carbons (Fsp3) is 0.379. The third-order valence-corrected chi connectivity index (χ3v) is 7.91. The van der Waals surface area contributed by atoms with E-state index in [2.05, 4.69) is 24.4 Å². The van der Waals surface area contributed by atoms with Crippen LogP contribution in [0, 0.1) is 6.92 Å². The summed E-state index contributed by atoms with van der Waals surface area (Å²) in [5.41, 5.74) is 1.97. The number of aromatic nitrogens is 1. The number of benzene rings is 2. The molecule has 0 bridgehead atoms. The van der Waals surface area contributed by atoms with E-state index in [1.165, 1.54) is 4.90 Å². The Morgan fingerprint density at radius 1 is 1.00 bits per heavy atom. The predicted octanol–water partition coefficient (Wildman–Crippen LogP) is 3.98. The minimum atomic E-state index is -0.348. The lowest BCUT2D eigenvalue weighted by Gasteiger charge is -2.42. The van der Waals surface area contributed by atoms with Crippen LogP contribution in [0.3, 0.4) is 0 Å². The van der Waals surface area contributed by atoms with E-state index >= 15 is 0 Å². The number of piperidine rings is 2. The van der Waals surface area contributed by atoms with Gasteiger partial charge >= 0.3 is 6.03 Å². The van der Waals surface area contributed by atoms with E-state index in [0.29, 0.717) is 43.0 Å². The average Bonchev–Trinajstić information content (AvgIpc) is 3.19. The number of nitrogens with zero attached hydrogens (tertiary/aromatic N) is 4. The van der Waals surface area contributed by atoms with Gasteiger partial charge in [0.1, 0.15) is 5.82 Å². The van der Waals surface area contributed by atoms with Gasteiger partial charge in [0.05, 0.1) is 23.2 Å². The van der Waals surface area contributed by atoms with Crippen LogP contribution in [0.25, 0.3) is 10.8 Å². The van der Waals surface area contributed by atoms with Gasteiger partial charge in [0.25, 0.3) is 11.8 Å². The maximum atomic E-state index is 14.3. The molecule has 4 amide bonds. The largest absolute Gasteiger partial charge is 0.326 e. The van der Waals surface area contributed by atoms with E-state index in [9.17, 15) is 14.4 Å². The number of rotatable bonds is 3. The zero-order valence-corrected chi connectivity index (χ0v) is 21.0. The zero-order chi connectivity index (χ0) is 25.5. The maximum absolute atomic E-state index is 14.3. The van der Waals surface area contributed by atoms with Crippen LogP contribution >= 0.6 is 0 Å². The molecule has 3 aliphatic heterocycles. The minimum Gasteiger partial charge on any atom is -0.322 e. The van der Waals surface area contributed by atoms with E-state index in [-0.39, 0.29) is 29.9 Å². The van der Waals surface area contributed by atoms with Crippen LogP contribution in [0.1, 0.15) is 52.0 Å². The number of urea groups is 1. The molecule has 2 fully saturated rings. The number of hydrogen-bond acceptors (Lipinski definition) is 5. The third-order valence-electron chi connectivity index (χ3n) is 7.91. The van der Waals surface area contributed by atoms with Gasteiger partial charge in [-0.25, -0.2) is 9.78 Å². The van der Waals surface area contributed by atoms with Crippen molar-refractivity contribution in [3.63, 3.8) is 0 Å². The maximum Gasteiger partial charge on any atom is 0.326 e. The lowest BCUT2D eigenvalue weighted by atomic mass is 10.0. The Morgan fingerprint density at radius 3 is 2.51 bits per heavy atom. The van der Waals surface area contributed by atoms with Crippen molar-refractivity contribution in [2.45, 2.75) is 44.7 Å². The Morgan fingerprint density at radius 2 is 1.78 bits per heavy atom. The first-order valence-corrected chi connectivity index (χ1v) is 13.1. The van der Waals surface area contributed by atoms with Crippen molar-refractivity contribution in [2.75, 3.05) is 31.1 Å². The van der Waals surface area contributed by atoms with Crippen LogP contribution in [0.15, 0.2) is 54.7 Å². The van der Waals surface area contributed by atoms with Gasteiger partial charge in [0.15, 0.2) is 0 Å². The van der Waals surface area contributed by atoms with Crippen molar-refractivity contribution in [2.24, 2.45) is 0 Å². The lowest BCUT2D eigenvalue weighted by molar-refractivity contribution is 0.0506. The summed E-state index contributed by atoms with van der Waals surface area (Å²) in [6.07, 6.45) is 5.05. The molecule has 8 nitrogen and oxygen atoms in total. The molecule has 3 aliphatic rings. The third kappa shape index (κ3) is 4.05. The SMILES string of the molecule is Cc1cccc2ccnc(N(C(=O)N3CCCC(N4C(=O)c5ccccc5C4=O)C3)[C@@H]3CCCNC3)c12. The van der Waals surface area contributed by atoms with Gasteiger partial charge in [-0.2, -0.15) is 0 Å². The van der Waals surface area contributed by atoms with Crippen molar-refractivity contribution in [3.8, 4) is 0 Å². The number of pyridine rings is 1. The summed E-state index contributed by atoms with van der Waals surface area (Å²) in [6, 6.07) is 14.6. The smallest absolute Gasteiger partial charge is 0.322 e. The highest BCUT2D eigenvalue weighted by molar-refractivity contribution is 6.21. The van der Waals surface area contributed by atoms with E-state index < -0.39 is 0 Å². The van der Waals surface area contributed by atoms with Crippen LogP contribution < -0.4 is 10.2 Å². The van der Waals surface area contributed by atoms with Gasteiger partial charge in [0.2, 0.25) is 0 Å². The summed E-state index contributed by atoms with van der Waals surface area (Å²) < 4.78 is 0. The first-order chi connectivity index (χ1) is 18.0. The minimum absolute atomic E-state index is 0.0290. The standard InChI is InChI=1S/C29H31N5O3/c1-19-7-4-8-20-13-15-31-26(25(19)20)33(21-9-5-14-30-17-21)29(37)32-16-6-10-22(18-32)34-27(35)23-11-2-3-12-24(23)28(34)36/h2-4,7-8,11-13,15,21-22,30H,5-6,9-10,14,16-18H2,1H3/t21-,22?/m1/s1. The molecule has 2 aromatic carbocycles. The fourth-order valence-corrected chi connectivity index (χ4v) is 6.07. The number of anilines is 1. The van der Waals surface area contributed by atoms with Gasteiger partial charge in [-0.15, -0.1) is 0 Å². The van der Waals surface area contributed by atoms with Crippen molar-refractivity contribution in [1.82, 2.24) is 20.1 Å². The summed E-state index contributed by atoms with van der Waals surface area (Å²) in [4.78, 5) is 50.4. The second-order valence-corrected chi connectivity index (χ2v) is 10.2. The molecule has 1 N–H and O–H groups in total. The molecule has 6 rings (SSSR count). The fourth-order valence-electron chi connectivity index (χ4n) is 6.07. The van der Waals surface area contributed by atoms with Gasteiger partial charge in [-0.3, -0.25) is 19.4 Å². The van der Waals surface area contributed by atoms with Crippen molar-refractivity contribution < 1.29 is 14.4 Å². The Bertz CT molecular complexity index is 1340. The Kier molecular flexibility index (Phi) is 6.12. The number of nitrogens with one attached hydrogen (secondary N) is 1. The molecule has 2 atom stereocenters. The molecule has 3 aromatic rings. The molecule has 190 valence electrons. The number of likely N-dealkylation sites (tertiary alicyclic amines) is 1. The predicted molar refractivity (Wildman–Crippen MR) is 142 cm³/mol. The summed E-state index contributed by atoms with van der Waals surface area (Å²) in [7, 11) is 0. The van der Waals surface area contributed by atoms with Crippen LogP contribution in [-0.2, 0) is 0 Å². The molecule has 2 saturated heterocycles. The van der Waals surface area contributed by atoms with Gasteiger partial charge < -0.3 is 10.2 Å². The quantitative estimate of drug-likeness (QED) is 0.553. The molecule has 0 spiro atoms. The van der Waals surface area contributed by atoms with Gasteiger partial charge in [-0.05, 0) is 68.3 Å². The Labute approximate surface area is 216 Å². The first-order valence-electron chi connectivity index (χ1n) is 13.1. The molecule has 0 aliphatic carbocycles. The highest BCUT2D eigenvalue weighted by Gasteiger charge is 2.43. The number of imide groups is 1. The van der Waals surface area contributed by atoms with Gasteiger partial charge in [-0.1, -0.05) is 30.3 Å². The van der Waals surface area contributed by atoms with Crippen molar-refractivity contribution in [3.05, 3.63) is 71.4 Å². The number of carbonyl (C=O) groups excluding carboxylic acids is 3. The molecule has 8 heteroatoms. The summed E-state index contributed by atoms with van der Waals surface area (Å²) in [6.45, 7) is 4.59. The van der Waals surface area contributed by atoms with Crippen LogP contribution in [-0.4, -0.2) is 70.9 Å². The molecular formula is C29H31N5O3. The number of amides is 4. The van der Waals surface area contributed by atoms with E-state index in [4.69, 9.17) is 4.98 Å². The van der Waals surface area contributed by atoms with Crippen molar-refractivity contribution in [1.29, 1.82) is 0 Å². The Hall–Kier alpha value is -3.78. The van der Waals surface area contributed by atoms with Gasteiger partial charge in [0, 0.05) is 31.2 Å². The number of hydrogen-bond donors (Lipinski definition) is 1. The highest BCUT2D eigenvalue weighted by Crippen LogP contribution is 2.33. The first kappa shape index (κ1) is 23.6. The normalized spacial score (nSPS) is 21.9. The number of aryl methyl sites for hydroxylation is 1. The molecule has 0 saturated carbocycles. The second kappa shape index (κ2) is 9.59. The summed E-state index contributed by atoms with van der Waals surface area (Å²) >= 11 is 0. The number of carbonyl (C=O) groups is 3.